The van der Waals surface area contributed by atoms with Gasteiger partial charge >= 0.3 is 5.97 Å². The van der Waals surface area contributed by atoms with Crippen LogP contribution in [0.5, 0.6) is 0 Å². The highest BCUT2D eigenvalue weighted by atomic mass is 16.5. The molecule has 0 bridgehead atoms. The normalized spacial score (nSPS) is 43.6. The maximum absolute atomic E-state index is 12.2. The largest absolute Gasteiger partial charge is 0.453 e. The first-order chi connectivity index (χ1) is 8.46. The standard InChI is InChI=1S/C15H20O3/c1-8-5-4-6-10-7-11(16)12-9(2)14(17)18-13(12)15(8,10)3/h8,10,13H,4-7H2,1-3H3/t8-,10+,13+,15+/m0/s1. The zero-order valence-electron chi connectivity index (χ0n) is 11.3. The monoisotopic (exact) mass is 248 g/mol. The second-order valence-electron chi connectivity index (χ2n) is 6.35. The molecule has 2 saturated carbocycles. The van der Waals surface area contributed by atoms with E-state index in [9.17, 15) is 9.59 Å². The minimum atomic E-state index is -0.289. The summed E-state index contributed by atoms with van der Waals surface area (Å²) in [6.45, 7) is 6.18. The van der Waals surface area contributed by atoms with Gasteiger partial charge in [0.2, 0.25) is 0 Å². The Morgan fingerprint density at radius 3 is 2.72 bits per heavy atom. The van der Waals surface area contributed by atoms with Crippen molar-refractivity contribution >= 4 is 11.8 Å². The average Bonchev–Trinajstić information content (AvgIpc) is 2.62. The van der Waals surface area contributed by atoms with Crippen LogP contribution in [-0.2, 0) is 14.3 Å². The smallest absolute Gasteiger partial charge is 0.334 e. The highest BCUT2D eigenvalue weighted by Gasteiger charge is 2.58. The maximum Gasteiger partial charge on any atom is 0.334 e. The van der Waals surface area contributed by atoms with E-state index in [0.717, 1.165) is 6.42 Å². The van der Waals surface area contributed by atoms with E-state index in [4.69, 9.17) is 4.74 Å². The van der Waals surface area contributed by atoms with Crippen molar-refractivity contribution in [2.75, 3.05) is 0 Å². The van der Waals surface area contributed by atoms with E-state index < -0.39 is 0 Å². The number of Topliss-reactive ketones (excluding diaryl/α,β-unsaturated/α-hetero) is 1. The summed E-state index contributed by atoms with van der Waals surface area (Å²) in [5.41, 5.74) is 1.17. The molecule has 3 rings (SSSR count). The highest BCUT2D eigenvalue weighted by molar-refractivity contribution is 6.08. The van der Waals surface area contributed by atoms with Gasteiger partial charge in [-0.1, -0.05) is 26.7 Å². The molecule has 0 aromatic heterocycles. The number of ether oxygens (including phenoxy) is 1. The number of hydrogen-bond donors (Lipinski definition) is 0. The first-order valence-electron chi connectivity index (χ1n) is 6.91. The molecule has 0 N–H and O–H groups in total. The van der Waals surface area contributed by atoms with Crippen molar-refractivity contribution in [2.24, 2.45) is 17.3 Å². The predicted octanol–water partition coefficient (Wildman–Crippen LogP) is 2.64. The van der Waals surface area contributed by atoms with Crippen molar-refractivity contribution in [3.63, 3.8) is 0 Å². The topological polar surface area (TPSA) is 43.4 Å². The zero-order valence-corrected chi connectivity index (χ0v) is 11.3. The van der Waals surface area contributed by atoms with Gasteiger partial charge < -0.3 is 4.74 Å². The van der Waals surface area contributed by atoms with Crippen LogP contribution in [0.4, 0.5) is 0 Å². The lowest BCUT2D eigenvalue weighted by atomic mass is 9.53. The van der Waals surface area contributed by atoms with E-state index in [1.54, 1.807) is 6.92 Å². The van der Waals surface area contributed by atoms with Gasteiger partial charge in [0.25, 0.3) is 0 Å². The first kappa shape index (κ1) is 11.9. The van der Waals surface area contributed by atoms with Crippen molar-refractivity contribution in [1.82, 2.24) is 0 Å². The lowest BCUT2D eigenvalue weighted by Gasteiger charge is -2.52. The van der Waals surface area contributed by atoms with Crippen LogP contribution in [0.2, 0.25) is 0 Å². The Kier molecular flexibility index (Phi) is 2.45. The number of rotatable bonds is 0. The van der Waals surface area contributed by atoms with E-state index in [1.807, 2.05) is 0 Å². The molecular weight excluding hydrogens is 228 g/mol. The van der Waals surface area contributed by atoms with Gasteiger partial charge in [-0.25, -0.2) is 4.79 Å². The van der Waals surface area contributed by atoms with Gasteiger partial charge in [-0.15, -0.1) is 0 Å². The molecule has 2 aliphatic carbocycles. The molecule has 0 aromatic rings. The lowest BCUT2D eigenvalue weighted by Crippen LogP contribution is -2.52. The second-order valence-corrected chi connectivity index (χ2v) is 6.35. The summed E-state index contributed by atoms with van der Waals surface area (Å²) < 4.78 is 5.56. The Hall–Kier alpha value is -1.12. The minimum Gasteiger partial charge on any atom is -0.453 e. The van der Waals surface area contributed by atoms with Gasteiger partial charge in [0.15, 0.2) is 5.78 Å². The number of carbonyl (C=O) groups is 2. The molecule has 18 heavy (non-hydrogen) atoms. The van der Waals surface area contributed by atoms with Crippen LogP contribution < -0.4 is 0 Å². The third-order valence-corrected chi connectivity index (χ3v) is 5.63. The van der Waals surface area contributed by atoms with E-state index in [2.05, 4.69) is 13.8 Å². The molecule has 0 unspecified atom stereocenters. The lowest BCUT2D eigenvalue weighted by molar-refractivity contribution is -0.155. The van der Waals surface area contributed by atoms with Crippen LogP contribution >= 0.6 is 0 Å². The number of hydrogen-bond acceptors (Lipinski definition) is 3. The molecule has 0 aromatic carbocycles. The van der Waals surface area contributed by atoms with Crippen LogP contribution in [-0.4, -0.2) is 17.9 Å². The van der Waals surface area contributed by atoms with Gasteiger partial charge in [-0.05, 0) is 25.2 Å². The molecule has 3 heteroatoms. The fourth-order valence-electron chi connectivity index (χ4n) is 4.18. The summed E-state index contributed by atoms with van der Waals surface area (Å²) in [4.78, 5) is 24.0. The Bertz CT molecular complexity index is 462. The van der Waals surface area contributed by atoms with E-state index >= 15 is 0 Å². The molecule has 98 valence electrons. The van der Waals surface area contributed by atoms with E-state index in [1.165, 1.54) is 12.8 Å². The molecule has 0 spiro atoms. The van der Waals surface area contributed by atoms with Gasteiger partial charge in [-0.2, -0.15) is 0 Å². The average molecular weight is 248 g/mol. The number of carbonyl (C=O) groups excluding carboxylic acids is 2. The Morgan fingerprint density at radius 1 is 1.28 bits per heavy atom. The van der Waals surface area contributed by atoms with Crippen molar-refractivity contribution in [3.8, 4) is 0 Å². The molecule has 3 nitrogen and oxygen atoms in total. The summed E-state index contributed by atoms with van der Waals surface area (Å²) in [5.74, 6) is 0.729. The fourth-order valence-corrected chi connectivity index (χ4v) is 4.18. The van der Waals surface area contributed by atoms with Crippen LogP contribution in [0.3, 0.4) is 0 Å². The van der Waals surface area contributed by atoms with Crippen LogP contribution in [0, 0.1) is 17.3 Å². The number of fused-ring (bicyclic) bond motifs is 3. The van der Waals surface area contributed by atoms with Gasteiger partial charge in [0.1, 0.15) is 6.10 Å². The maximum atomic E-state index is 12.2. The molecule has 3 aliphatic rings. The number of ketones is 1. The van der Waals surface area contributed by atoms with Crippen molar-refractivity contribution in [1.29, 1.82) is 0 Å². The third-order valence-electron chi connectivity index (χ3n) is 5.63. The molecule has 2 fully saturated rings. The zero-order chi connectivity index (χ0) is 13.1. The van der Waals surface area contributed by atoms with Crippen molar-refractivity contribution in [2.45, 2.75) is 52.6 Å². The second kappa shape index (κ2) is 3.69. The fraction of sp³-hybridized carbons (Fsp3) is 0.733. The molecule has 1 heterocycles. The van der Waals surface area contributed by atoms with Crippen LogP contribution in [0.1, 0.15) is 46.5 Å². The third kappa shape index (κ3) is 1.30. The summed E-state index contributed by atoms with van der Waals surface area (Å²) in [5, 5.41) is 0. The van der Waals surface area contributed by atoms with Crippen LogP contribution in [0.25, 0.3) is 0 Å². The Labute approximate surface area is 108 Å². The van der Waals surface area contributed by atoms with Gasteiger partial charge in [0.05, 0.1) is 0 Å². The Balaban J connectivity index is 2.10. The van der Waals surface area contributed by atoms with E-state index in [0.29, 0.717) is 29.4 Å². The molecule has 0 saturated heterocycles. The van der Waals surface area contributed by atoms with Gasteiger partial charge in [0, 0.05) is 23.0 Å². The van der Waals surface area contributed by atoms with Crippen molar-refractivity contribution in [3.05, 3.63) is 11.1 Å². The molecule has 0 radical (unpaired) electrons. The predicted molar refractivity (Wildman–Crippen MR) is 66.8 cm³/mol. The summed E-state index contributed by atoms with van der Waals surface area (Å²) >= 11 is 0. The SMILES string of the molecule is CC1=C2C(=O)C[C@H]3CCC[C@H](C)[C@@]3(C)[C@@H]2OC1=O. The molecule has 1 aliphatic heterocycles. The summed E-state index contributed by atoms with van der Waals surface area (Å²) in [6.07, 6.45) is 3.76. The first-order valence-corrected chi connectivity index (χ1v) is 6.91. The molecule has 0 amide bonds. The summed E-state index contributed by atoms with van der Waals surface area (Å²) in [6, 6.07) is 0. The Morgan fingerprint density at radius 2 is 2.00 bits per heavy atom. The summed E-state index contributed by atoms with van der Waals surface area (Å²) in [7, 11) is 0. The van der Waals surface area contributed by atoms with Crippen molar-refractivity contribution < 1.29 is 14.3 Å². The molecular formula is C15H20O3. The minimum absolute atomic E-state index is 0.0467. The molecule has 4 atom stereocenters. The van der Waals surface area contributed by atoms with E-state index in [-0.39, 0.29) is 23.3 Å². The van der Waals surface area contributed by atoms with Gasteiger partial charge in [-0.3, -0.25) is 4.79 Å². The van der Waals surface area contributed by atoms with Crippen LogP contribution in [0.15, 0.2) is 11.1 Å². The number of esters is 1. The highest BCUT2D eigenvalue weighted by Crippen LogP contribution is 2.56. The quantitative estimate of drug-likeness (QED) is 0.619.